The second-order valence-corrected chi connectivity index (χ2v) is 2.25. The Bertz CT molecular complexity index is 220. The summed E-state index contributed by atoms with van der Waals surface area (Å²) in [5.41, 5.74) is 2.52. The maximum absolute atomic E-state index is 11.0. The molecule has 4 nitrogen and oxygen atoms in total. The monoisotopic (exact) mass is 152 g/mol. The maximum atomic E-state index is 11.0. The molecule has 0 radical (unpaired) electrons. The third-order valence-corrected chi connectivity index (χ3v) is 1.45. The number of carbonyl (C=O) groups is 1. The Morgan fingerprint density at radius 3 is 3.18 bits per heavy atom. The minimum atomic E-state index is -0.308. The second-order valence-electron chi connectivity index (χ2n) is 2.25. The summed E-state index contributed by atoms with van der Waals surface area (Å²) in [6.45, 7) is 0.718. The lowest BCUT2D eigenvalue weighted by atomic mass is 10.2. The average Bonchev–Trinajstić information content (AvgIpc) is 2.04. The van der Waals surface area contributed by atoms with Gasteiger partial charge in [-0.25, -0.2) is 11.3 Å². The van der Waals surface area contributed by atoms with Gasteiger partial charge in [-0.05, 0) is 0 Å². The highest BCUT2D eigenvalue weighted by molar-refractivity contribution is 5.92. The van der Waals surface area contributed by atoms with E-state index in [0.717, 1.165) is 6.54 Å². The van der Waals surface area contributed by atoms with Crippen molar-refractivity contribution in [1.82, 2.24) is 10.3 Å². The summed E-state index contributed by atoms with van der Waals surface area (Å²) >= 11 is 0. The van der Waals surface area contributed by atoms with Crippen molar-refractivity contribution in [2.75, 3.05) is 13.6 Å². The molecule has 58 valence electrons. The molecule has 0 atom stereocenters. The molecule has 0 fully saturated rings. The number of nitrogens with two attached hydrogens (primary N) is 1. The fourth-order valence-electron chi connectivity index (χ4n) is 0.857. The van der Waals surface area contributed by atoms with E-state index in [0.29, 0.717) is 5.70 Å². The lowest BCUT2D eigenvalue weighted by Crippen LogP contribution is -2.37. The van der Waals surface area contributed by atoms with Crippen LogP contribution in [0.1, 0.15) is 0 Å². The molecule has 0 aromatic rings. The fourth-order valence-corrected chi connectivity index (χ4v) is 0.857. The predicted molar refractivity (Wildman–Crippen MR) is 40.9 cm³/mol. The van der Waals surface area contributed by atoms with E-state index in [4.69, 9.17) is 5.84 Å². The van der Waals surface area contributed by atoms with Gasteiger partial charge >= 0.3 is 5.91 Å². The molecule has 0 bridgehead atoms. The van der Waals surface area contributed by atoms with E-state index < -0.39 is 0 Å². The lowest BCUT2D eigenvalue weighted by molar-refractivity contribution is -0.118. The number of rotatable bonds is 1. The van der Waals surface area contributed by atoms with E-state index in [9.17, 15) is 4.79 Å². The molecule has 11 heavy (non-hydrogen) atoms. The molecule has 1 amide bonds. The molecule has 0 unspecified atom stereocenters. The van der Waals surface area contributed by atoms with Gasteiger partial charge < -0.3 is 4.90 Å². The quantitative estimate of drug-likeness (QED) is 0.223. The normalized spacial score (nSPS) is 15.5. The first kappa shape index (κ1) is 7.72. The standard InChI is InChI=1S/C7H9N3O/c1-10-5-3-2-4-6(10)7(11)9-8/h2-3H,5,8H2,1H3/p+1. The summed E-state index contributed by atoms with van der Waals surface area (Å²) in [4.78, 5) is 12.7. The van der Waals surface area contributed by atoms with Crippen molar-refractivity contribution in [1.29, 1.82) is 0 Å². The molecular weight excluding hydrogens is 142 g/mol. The molecule has 1 rings (SSSR count). The van der Waals surface area contributed by atoms with E-state index >= 15 is 0 Å². The summed E-state index contributed by atoms with van der Waals surface area (Å²) in [5.74, 6) is 4.65. The Morgan fingerprint density at radius 2 is 2.64 bits per heavy atom. The zero-order chi connectivity index (χ0) is 8.27. The van der Waals surface area contributed by atoms with Crippen molar-refractivity contribution in [2.24, 2.45) is 5.84 Å². The van der Waals surface area contributed by atoms with Gasteiger partial charge in [-0.15, -0.1) is 0 Å². The first-order valence-corrected chi connectivity index (χ1v) is 3.26. The van der Waals surface area contributed by atoms with E-state index in [1.54, 1.807) is 18.0 Å². The van der Waals surface area contributed by atoms with Gasteiger partial charge in [0.05, 0.1) is 12.6 Å². The number of hydrogen-bond acceptors (Lipinski definition) is 3. The summed E-state index contributed by atoms with van der Waals surface area (Å²) in [6, 6.07) is 0. The van der Waals surface area contributed by atoms with Crippen LogP contribution in [0, 0.1) is 6.08 Å². The van der Waals surface area contributed by atoms with Crippen molar-refractivity contribution >= 4 is 5.91 Å². The zero-order valence-electron chi connectivity index (χ0n) is 6.29. The van der Waals surface area contributed by atoms with Crippen LogP contribution in [0.15, 0.2) is 17.8 Å². The Balaban J connectivity index is 2.75. The van der Waals surface area contributed by atoms with Crippen LogP contribution in [0.25, 0.3) is 0 Å². The lowest BCUT2D eigenvalue weighted by Gasteiger charge is -2.13. The molecule has 0 saturated heterocycles. The van der Waals surface area contributed by atoms with Gasteiger partial charge in [0.1, 0.15) is 6.08 Å². The molecule has 1 heterocycles. The number of carbonyl (C=O) groups excluding carboxylic acids is 1. The summed E-state index contributed by atoms with van der Waals surface area (Å²) in [7, 11) is 1.81. The third-order valence-electron chi connectivity index (χ3n) is 1.45. The highest BCUT2D eigenvalue weighted by Crippen LogP contribution is 2.04. The van der Waals surface area contributed by atoms with Gasteiger partial charge in [0, 0.05) is 13.1 Å². The Kier molecular flexibility index (Phi) is 2.21. The van der Waals surface area contributed by atoms with E-state index in [2.05, 4.69) is 11.5 Å². The average molecular weight is 152 g/mol. The zero-order valence-corrected chi connectivity index (χ0v) is 6.29. The second kappa shape index (κ2) is 3.14. The molecule has 0 spiro atoms. The summed E-state index contributed by atoms with van der Waals surface area (Å²) < 4.78 is 0. The minimum absolute atomic E-state index is 0.308. The topological polar surface area (TPSA) is 58.4 Å². The SMILES string of the molecule is CN1CC=C[C+]=C1C(=O)NN. The first-order chi connectivity index (χ1) is 5.25. The van der Waals surface area contributed by atoms with Crippen molar-refractivity contribution in [3.05, 3.63) is 23.9 Å². The molecule has 1 aliphatic rings. The molecule has 1 aliphatic heterocycles. The van der Waals surface area contributed by atoms with Crippen LogP contribution < -0.4 is 11.3 Å². The van der Waals surface area contributed by atoms with E-state index in [1.165, 1.54) is 0 Å². The van der Waals surface area contributed by atoms with Crippen LogP contribution in [0.5, 0.6) is 0 Å². The Morgan fingerprint density at radius 1 is 1.91 bits per heavy atom. The number of hydrazine groups is 1. The van der Waals surface area contributed by atoms with Gasteiger partial charge in [0.25, 0.3) is 5.70 Å². The molecule has 0 aromatic heterocycles. The van der Waals surface area contributed by atoms with Crippen molar-refractivity contribution in [3.63, 3.8) is 0 Å². The van der Waals surface area contributed by atoms with Crippen molar-refractivity contribution < 1.29 is 4.79 Å². The fraction of sp³-hybridized carbons (Fsp3) is 0.286. The van der Waals surface area contributed by atoms with Gasteiger partial charge in [-0.3, -0.25) is 0 Å². The molecule has 4 heteroatoms. The highest BCUT2D eigenvalue weighted by Gasteiger charge is 2.22. The number of hydrogen-bond donors (Lipinski definition) is 2. The van der Waals surface area contributed by atoms with Crippen LogP contribution in [0.4, 0.5) is 0 Å². The van der Waals surface area contributed by atoms with Crippen LogP contribution in [0.3, 0.4) is 0 Å². The highest BCUT2D eigenvalue weighted by atomic mass is 16.2. The van der Waals surface area contributed by atoms with E-state index in [1.807, 2.05) is 6.08 Å². The number of allylic oxidation sites excluding steroid dienone is 2. The number of nitrogens with one attached hydrogen (secondary N) is 1. The van der Waals surface area contributed by atoms with Crippen LogP contribution >= 0.6 is 0 Å². The van der Waals surface area contributed by atoms with Gasteiger partial charge in [-0.1, -0.05) is 0 Å². The molecule has 0 aliphatic carbocycles. The first-order valence-electron chi connectivity index (χ1n) is 3.26. The van der Waals surface area contributed by atoms with Crippen LogP contribution in [0.2, 0.25) is 0 Å². The number of amides is 1. The molecular formula is C7H10N3O+. The number of nitrogens with zero attached hydrogens (tertiary/aromatic N) is 1. The van der Waals surface area contributed by atoms with Gasteiger partial charge in [0.2, 0.25) is 0 Å². The third kappa shape index (κ3) is 1.55. The van der Waals surface area contributed by atoms with Crippen LogP contribution in [-0.4, -0.2) is 24.4 Å². The molecule has 0 aromatic carbocycles. The van der Waals surface area contributed by atoms with E-state index in [-0.39, 0.29) is 5.91 Å². The Hall–Kier alpha value is -1.38. The van der Waals surface area contributed by atoms with Crippen LogP contribution in [-0.2, 0) is 4.79 Å². The van der Waals surface area contributed by atoms with Gasteiger partial charge in [0.15, 0.2) is 0 Å². The largest absolute Gasteiger partial charge is 0.387 e. The van der Waals surface area contributed by atoms with Crippen molar-refractivity contribution in [2.45, 2.75) is 0 Å². The predicted octanol–water partition coefficient (Wildman–Crippen LogP) is -0.835. The Labute approximate surface area is 65.3 Å². The summed E-state index contributed by atoms with van der Waals surface area (Å²) in [6.07, 6.45) is 6.41. The molecule has 3 N–H and O–H groups in total. The van der Waals surface area contributed by atoms with Gasteiger partial charge in [-0.2, -0.15) is 4.79 Å². The maximum Gasteiger partial charge on any atom is 0.387 e. The minimum Gasteiger partial charge on any atom is -0.326 e. The molecule has 0 saturated carbocycles. The van der Waals surface area contributed by atoms with Crippen molar-refractivity contribution in [3.8, 4) is 0 Å². The number of likely N-dealkylation sites (N-methyl/N-ethyl adjacent to an activating group) is 1. The smallest absolute Gasteiger partial charge is 0.326 e. The summed E-state index contributed by atoms with van der Waals surface area (Å²) in [5, 5.41) is 0.